The molecule has 6 bridgehead atoms. The molecule has 0 aromatic rings. The third kappa shape index (κ3) is 2.21. The molecule has 0 radical (unpaired) electrons. The average molecular weight is 332 g/mol. The lowest BCUT2D eigenvalue weighted by molar-refractivity contribution is -0.154. The van der Waals surface area contributed by atoms with Gasteiger partial charge in [-0.25, -0.2) is 0 Å². The minimum atomic E-state index is -0.255. The van der Waals surface area contributed by atoms with Gasteiger partial charge in [-0.1, -0.05) is 20.8 Å². The second kappa shape index (κ2) is 5.00. The Balaban J connectivity index is 1.24. The zero-order chi connectivity index (χ0) is 16.7. The molecule has 5 saturated carbocycles. The van der Waals surface area contributed by atoms with Gasteiger partial charge in [-0.3, -0.25) is 0 Å². The Morgan fingerprint density at radius 2 is 1.75 bits per heavy atom. The van der Waals surface area contributed by atoms with Crippen molar-refractivity contribution >= 4 is 0 Å². The van der Waals surface area contributed by atoms with Crippen molar-refractivity contribution in [2.24, 2.45) is 40.4 Å². The van der Waals surface area contributed by atoms with Crippen molar-refractivity contribution in [3.05, 3.63) is 0 Å². The maximum atomic E-state index is 10.8. The van der Waals surface area contributed by atoms with Gasteiger partial charge in [0.25, 0.3) is 0 Å². The summed E-state index contributed by atoms with van der Waals surface area (Å²) in [7, 11) is 0. The highest BCUT2D eigenvalue weighted by Crippen LogP contribution is 2.60. The van der Waals surface area contributed by atoms with Gasteiger partial charge in [0.2, 0.25) is 0 Å². The molecule has 5 aliphatic carbocycles. The molecule has 1 N–H and O–H groups in total. The van der Waals surface area contributed by atoms with Gasteiger partial charge in [0.05, 0.1) is 5.60 Å². The molecule has 2 nitrogen and oxygen atoms in total. The summed E-state index contributed by atoms with van der Waals surface area (Å²) in [6, 6.07) is 0. The maximum Gasteiger partial charge on any atom is 0.0656 e. The Bertz CT molecular complexity index is 512. The quantitative estimate of drug-likeness (QED) is 0.832. The van der Waals surface area contributed by atoms with E-state index in [0.29, 0.717) is 10.8 Å². The molecule has 1 heterocycles. The molecule has 0 spiro atoms. The first-order chi connectivity index (χ1) is 11.3. The zero-order valence-corrected chi connectivity index (χ0v) is 16.1. The minimum absolute atomic E-state index is 0.255. The van der Waals surface area contributed by atoms with Crippen LogP contribution in [0.4, 0.5) is 0 Å². The van der Waals surface area contributed by atoms with E-state index in [0.717, 1.165) is 48.9 Å². The number of hydrogen-bond donors (Lipinski definition) is 1. The first-order valence-corrected chi connectivity index (χ1v) is 10.7. The van der Waals surface area contributed by atoms with Gasteiger partial charge >= 0.3 is 0 Å². The Labute approximate surface area is 148 Å². The van der Waals surface area contributed by atoms with Crippen LogP contribution >= 0.6 is 0 Å². The number of aliphatic hydroxyl groups is 1. The number of likely N-dealkylation sites (tertiary alicyclic amines) is 1. The van der Waals surface area contributed by atoms with E-state index in [4.69, 9.17) is 0 Å². The van der Waals surface area contributed by atoms with Crippen molar-refractivity contribution < 1.29 is 5.11 Å². The molecule has 0 amide bonds. The normalized spacial score (nSPS) is 55.2. The highest BCUT2D eigenvalue weighted by Gasteiger charge is 2.56. The van der Waals surface area contributed by atoms with Crippen LogP contribution < -0.4 is 0 Å². The van der Waals surface area contributed by atoms with E-state index in [9.17, 15) is 5.11 Å². The van der Waals surface area contributed by atoms with E-state index in [1.54, 1.807) is 0 Å². The van der Waals surface area contributed by atoms with Gasteiger partial charge in [-0.05, 0) is 98.3 Å². The van der Waals surface area contributed by atoms with Crippen LogP contribution in [0.1, 0.15) is 72.1 Å². The Morgan fingerprint density at radius 1 is 1.04 bits per heavy atom. The van der Waals surface area contributed by atoms with E-state index in [2.05, 4.69) is 25.7 Å². The van der Waals surface area contributed by atoms with Gasteiger partial charge in [0.15, 0.2) is 0 Å². The maximum absolute atomic E-state index is 10.8. The molecule has 6 fully saturated rings. The van der Waals surface area contributed by atoms with E-state index < -0.39 is 0 Å². The van der Waals surface area contributed by atoms with E-state index in [1.165, 1.54) is 51.7 Å². The van der Waals surface area contributed by atoms with Crippen molar-refractivity contribution in [3.63, 3.8) is 0 Å². The molecular weight excluding hydrogens is 294 g/mol. The third-order valence-electron chi connectivity index (χ3n) is 9.89. The summed E-state index contributed by atoms with van der Waals surface area (Å²) in [5.74, 6) is 4.37. The summed E-state index contributed by atoms with van der Waals surface area (Å²) >= 11 is 0. The fourth-order valence-electron chi connectivity index (χ4n) is 8.20. The largest absolute Gasteiger partial charge is 0.390 e. The lowest BCUT2D eigenvalue weighted by Gasteiger charge is -2.58. The molecule has 6 rings (SSSR count). The van der Waals surface area contributed by atoms with Crippen LogP contribution in [-0.4, -0.2) is 35.2 Å². The SMILES string of the molecule is CC1(C)[C@@H]2CC[C@@]1(C)CN(CCC1C3CC4CC1CC(O)(C4)C3)C2. The van der Waals surface area contributed by atoms with Gasteiger partial charge in [-0.15, -0.1) is 0 Å². The minimum Gasteiger partial charge on any atom is -0.390 e. The fraction of sp³-hybridized carbons (Fsp3) is 1.00. The molecule has 136 valence electrons. The van der Waals surface area contributed by atoms with E-state index in [1.807, 2.05) is 0 Å². The van der Waals surface area contributed by atoms with Crippen molar-refractivity contribution in [2.75, 3.05) is 19.6 Å². The van der Waals surface area contributed by atoms with Crippen molar-refractivity contribution in [1.82, 2.24) is 4.90 Å². The number of fused-ring (bicyclic) bond motifs is 2. The molecular formula is C22H37NO. The second-order valence-corrected chi connectivity index (χ2v) is 11.4. The molecule has 1 saturated heterocycles. The summed E-state index contributed by atoms with van der Waals surface area (Å²) in [4.78, 5) is 2.82. The van der Waals surface area contributed by atoms with E-state index >= 15 is 0 Å². The van der Waals surface area contributed by atoms with Gasteiger partial charge in [0, 0.05) is 13.1 Å². The van der Waals surface area contributed by atoms with Crippen LogP contribution in [0.25, 0.3) is 0 Å². The van der Waals surface area contributed by atoms with Crippen LogP contribution in [0.5, 0.6) is 0 Å². The summed E-state index contributed by atoms with van der Waals surface area (Å²) in [6.45, 7) is 11.6. The van der Waals surface area contributed by atoms with Crippen LogP contribution in [0, 0.1) is 40.4 Å². The lowest BCUT2D eigenvalue weighted by Crippen LogP contribution is -2.56. The van der Waals surface area contributed by atoms with Crippen LogP contribution in [0.15, 0.2) is 0 Å². The summed E-state index contributed by atoms with van der Waals surface area (Å²) in [6.07, 6.45) is 10.5. The summed E-state index contributed by atoms with van der Waals surface area (Å²) in [5, 5.41) is 10.8. The van der Waals surface area contributed by atoms with Crippen molar-refractivity contribution in [1.29, 1.82) is 0 Å². The predicted octanol–water partition coefficient (Wildman–Crippen LogP) is 4.32. The van der Waals surface area contributed by atoms with E-state index in [-0.39, 0.29) is 5.60 Å². The van der Waals surface area contributed by atoms with Gasteiger partial charge in [0.1, 0.15) is 0 Å². The number of nitrogens with zero attached hydrogens (tertiary/aromatic N) is 1. The standard InChI is InChI=1S/C22H37NO/c1-20(2)18-4-6-21(20,3)14-23(13-18)7-5-19-16-8-15-9-17(19)12-22(24,10-15)11-16/h15-19,24H,4-14H2,1-3H3/t15?,16?,17?,18-,19?,21+,22?/m1/s1. The second-order valence-electron chi connectivity index (χ2n) is 11.4. The van der Waals surface area contributed by atoms with Gasteiger partial charge < -0.3 is 10.0 Å². The molecule has 2 heteroatoms. The highest BCUT2D eigenvalue weighted by molar-refractivity contribution is 5.07. The average Bonchev–Trinajstić information content (AvgIpc) is 2.61. The lowest BCUT2D eigenvalue weighted by atomic mass is 9.49. The molecule has 1 aliphatic heterocycles. The molecule has 4 atom stereocenters. The molecule has 6 aliphatic rings. The van der Waals surface area contributed by atoms with Crippen LogP contribution in [0.3, 0.4) is 0 Å². The number of rotatable bonds is 3. The molecule has 2 unspecified atom stereocenters. The predicted molar refractivity (Wildman–Crippen MR) is 97.7 cm³/mol. The summed E-state index contributed by atoms with van der Waals surface area (Å²) < 4.78 is 0. The molecule has 0 aromatic carbocycles. The molecule has 0 aromatic heterocycles. The van der Waals surface area contributed by atoms with Crippen molar-refractivity contribution in [2.45, 2.75) is 77.7 Å². The smallest absolute Gasteiger partial charge is 0.0656 e. The Morgan fingerprint density at radius 3 is 2.38 bits per heavy atom. The topological polar surface area (TPSA) is 23.5 Å². The highest BCUT2D eigenvalue weighted by atomic mass is 16.3. The number of hydrogen-bond acceptors (Lipinski definition) is 2. The van der Waals surface area contributed by atoms with Crippen LogP contribution in [-0.2, 0) is 0 Å². The number of piperidine rings is 1. The molecule has 24 heavy (non-hydrogen) atoms. The van der Waals surface area contributed by atoms with Gasteiger partial charge in [-0.2, -0.15) is 0 Å². The first-order valence-electron chi connectivity index (χ1n) is 10.7. The first kappa shape index (κ1) is 16.1. The monoisotopic (exact) mass is 331 g/mol. The third-order valence-corrected chi connectivity index (χ3v) is 9.89. The fourth-order valence-corrected chi connectivity index (χ4v) is 8.20. The van der Waals surface area contributed by atoms with Crippen molar-refractivity contribution in [3.8, 4) is 0 Å². The Hall–Kier alpha value is -0.0800. The van der Waals surface area contributed by atoms with Crippen LogP contribution in [0.2, 0.25) is 0 Å². The Kier molecular flexibility index (Phi) is 3.36. The zero-order valence-electron chi connectivity index (χ0n) is 16.1. The summed E-state index contributed by atoms with van der Waals surface area (Å²) in [5.41, 5.74) is 0.819.